The van der Waals surface area contributed by atoms with Gasteiger partial charge >= 0.3 is 0 Å². The van der Waals surface area contributed by atoms with E-state index in [9.17, 15) is 4.79 Å². The molecule has 0 spiro atoms. The van der Waals surface area contributed by atoms with Gasteiger partial charge in [0.05, 0.1) is 10.9 Å². The van der Waals surface area contributed by atoms with Gasteiger partial charge < -0.3 is 0 Å². The van der Waals surface area contributed by atoms with E-state index in [0.29, 0.717) is 0 Å². The van der Waals surface area contributed by atoms with Gasteiger partial charge in [-0.15, -0.1) is 0 Å². The van der Waals surface area contributed by atoms with Gasteiger partial charge in [0.2, 0.25) is 0 Å². The van der Waals surface area contributed by atoms with Gasteiger partial charge in [0, 0.05) is 0 Å². The topological polar surface area (TPSA) is 38.3 Å². The lowest BCUT2D eigenvalue weighted by Crippen LogP contribution is -2.32. The summed E-state index contributed by atoms with van der Waals surface area (Å²) in [4.78, 5) is 16.0. The van der Waals surface area contributed by atoms with E-state index < -0.39 is 0 Å². The third kappa shape index (κ3) is 3.11. The summed E-state index contributed by atoms with van der Waals surface area (Å²) in [6, 6.07) is 0. The van der Waals surface area contributed by atoms with Crippen LogP contribution in [-0.2, 0) is 9.63 Å². The Balaban J connectivity index is 2.12. The Hall–Kier alpha value is -0.0900. The summed E-state index contributed by atoms with van der Waals surface area (Å²) in [6.45, 7) is 1.77. The average molecular weight is 236 g/mol. The minimum atomic E-state index is -0.182. The molecule has 4 heteroatoms. The molecule has 0 aromatic rings. The number of hydrogen-bond donors (Lipinski definition) is 1. The first kappa shape index (κ1) is 9.99. The second-order valence-corrected chi connectivity index (χ2v) is 4.48. The Morgan fingerprint density at radius 3 is 2.67 bits per heavy atom. The Bertz CT molecular complexity index is 155. The molecule has 0 radical (unpaired) electrons. The second kappa shape index (κ2) is 4.82. The van der Waals surface area contributed by atoms with Gasteiger partial charge in [-0.2, -0.15) is 0 Å². The number of amides is 1. The minimum Gasteiger partial charge on any atom is -0.272 e. The lowest BCUT2D eigenvalue weighted by Gasteiger charge is -2.11. The molecule has 1 saturated carbocycles. The van der Waals surface area contributed by atoms with Crippen molar-refractivity contribution in [3.8, 4) is 0 Å². The van der Waals surface area contributed by atoms with Gasteiger partial charge in [-0.1, -0.05) is 28.8 Å². The Morgan fingerprint density at radius 1 is 1.58 bits per heavy atom. The van der Waals surface area contributed by atoms with Crippen molar-refractivity contribution in [2.75, 3.05) is 0 Å². The molecule has 0 aliphatic heterocycles. The van der Waals surface area contributed by atoms with E-state index in [1.165, 1.54) is 12.8 Å². The maximum Gasteiger partial charge on any atom is 0.257 e. The third-order valence-corrected chi connectivity index (χ3v) is 2.41. The number of halogens is 1. The van der Waals surface area contributed by atoms with Crippen molar-refractivity contribution in [2.24, 2.45) is 0 Å². The zero-order valence-corrected chi connectivity index (χ0v) is 8.76. The number of hydrogen-bond acceptors (Lipinski definition) is 2. The summed E-state index contributed by atoms with van der Waals surface area (Å²) < 4.78 is 0. The van der Waals surface area contributed by atoms with Gasteiger partial charge in [-0.3, -0.25) is 9.63 Å². The molecule has 1 aliphatic rings. The number of nitrogens with one attached hydrogen (secondary N) is 1. The monoisotopic (exact) mass is 235 g/mol. The highest BCUT2D eigenvalue weighted by Crippen LogP contribution is 2.19. The summed E-state index contributed by atoms with van der Waals surface area (Å²) in [5.41, 5.74) is 2.44. The van der Waals surface area contributed by atoms with Crippen LogP contribution < -0.4 is 5.48 Å². The van der Waals surface area contributed by atoms with Gasteiger partial charge in [0.1, 0.15) is 0 Å². The van der Waals surface area contributed by atoms with Crippen molar-refractivity contribution in [1.82, 2.24) is 5.48 Å². The summed E-state index contributed by atoms with van der Waals surface area (Å²) in [5, 5.41) is 0. The van der Waals surface area contributed by atoms with Gasteiger partial charge in [0.15, 0.2) is 0 Å². The number of carbonyl (C=O) groups excluding carboxylic acids is 1. The third-order valence-electron chi connectivity index (χ3n) is 1.99. The molecule has 1 unspecified atom stereocenters. The van der Waals surface area contributed by atoms with Crippen LogP contribution in [0.15, 0.2) is 0 Å². The van der Waals surface area contributed by atoms with Gasteiger partial charge in [-0.25, -0.2) is 5.48 Å². The van der Waals surface area contributed by atoms with Crippen LogP contribution >= 0.6 is 15.9 Å². The quantitative estimate of drug-likeness (QED) is 0.599. The highest BCUT2D eigenvalue weighted by Gasteiger charge is 2.17. The van der Waals surface area contributed by atoms with Crippen molar-refractivity contribution in [2.45, 2.75) is 43.5 Å². The van der Waals surface area contributed by atoms with Crippen LogP contribution in [0, 0.1) is 0 Å². The molecule has 0 heterocycles. The smallest absolute Gasteiger partial charge is 0.257 e. The fraction of sp³-hybridized carbons (Fsp3) is 0.875. The lowest BCUT2D eigenvalue weighted by atomic mass is 10.3. The van der Waals surface area contributed by atoms with Crippen molar-refractivity contribution in [1.29, 1.82) is 0 Å². The van der Waals surface area contributed by atoms with Crippen LogP contribution in [0.4, 0.5) is 0 Å². The fourth-order valence-electron chi connectivity index (χ4n) is 1.23. The predicted octanol–water partition coefficient (Wildman–Crippen LogP) is 1.76. The Labute approximate surface area is 80.9 Å². The molecule has 0 aromatic heterocycles. The highest BCUT2D eigenvalue weighted by molar-refractivity contribution is 9.10. The van der Waals surface area contributed by atoms with Crippen LogP contribution in [0.2, 0.25) is 0 Å². The minimum absolute atomic E-state index is 0.109. The maximum atomic E-state index is 11.0. The predicted molar refractivity (Wildman–Crippen MR) is 49.9 cm³/mol. The molecular formula is C8H14BrNO2. The molecule has 1 aliphatic carbocycles. The van der Waals surface area contributed by atoms with E-state index in [-0.39, 0.29) is 16.8 Å². The van der Waals surface area contributed by atoms with Gasteiger partial charge in [0.25, 0.3) is 5.91 Å². The van der Waals surface area contributed by atoms with Crippen LogP contribution in [0.1, 0.15) is 32.6 Å². The zero-order chi connectivity index (χ0) is 8.97. The molecular weight excluding hydrogens is 222 g/mol. The van der Waals surface area contributed by atoms with E-state index in [4.69, 9.17) is 4.84 Å². The molecule has 0 saturated heterocycles. The van der Waals surface area contributed by atoms with E-state index >= 15 is 0 Å². The molecule has 1 N–H and O–H groups in total. The van der Waals surface area contributed by atoms with Crippen LogP contribution in [-0.4, -0.2) is 16.8 Å². The van der Waals surface area contributed by atoms with E-state index in [0.717, 1.165) is 12.8 Å². The summed E-state index contributed by atoms with van der Waals surface area (Å²) in [6.07, 6.45) is 4.79. The SMILES string of the molecule is CC(Br)C(=O)NOC1CCCC1. The molecule has 70 valence electrons. The molecule has 1 amide bonds. The summed E-state index contributed by atoms with van der Waals surface area (Å²) in [5.74, 6) is -0.109. The van der Waals surface area contributed by atoms with E-state index in [1.54, 1.807) is 6.92 Å². The van der Waals surface area contributed by atoms with Crippen molar-refractivity contribution in [3.63, 3.8) is 0 Å². The normalized spacial score (nSPS) is 20.8. The van der Waals surface area contributed by atoms with Crippen LogP contribution in [0.5, 0.6) is 0 Å². The van der Waals surface area contributed by atoms with Crippen LogP contribution in [0.25, 0.3) is 0 Å². The molecule has 0 bridgehead atoms. The Morgan fingerprint density at radius 2 is 2.17 bits per heavy atom. The van der Waals surface area contributed by atoms with E-state index in [2.05, 4.69) is 21.4 Å². The van der Waals surface area contributed by atoms with Crippen LogP contribution in [0.3, 0.4) is 0 Å². The number of alkyl halides is 1. The second-order valence-electron chi connectivity index (χ2n) is 3.11. The molecule has 0 aromatic carbocycles. The van der Waals surface area contributed by atoms with Gasteiger partial charge in [-0.05, 0) is 19.8 Å². The standard InChI is InChI=1S/C8H14BrNO2/c1-6(9)8(11)10-12-7-4-2-3-5-7/h6-7H,2-5H2,1H3,(H,10,11). The van der Waals surface area contributed by atoms with Crippen molar-refractivity contribution >= 4 is 21.8 Å². The molecule has 12 heavy (non-hydrogen) atoms. The molecule has 1 atom stereocenters. The largest absolute Gasteiger partial charge is 0.272 e. The van der Waals surface area contributed by atoms with E-state index in [1.807, 2.05) is 0 Å². The molecule has 3 nitrogen and oxygen atoms in total. The first-order valence-electron chi connectivity index (χ1n) is 4.29. The average Bonchev–Trinajstić information content (AvgIpc) is 2.51. The lowest BCUT2D eigenvalue weighted by molar-refractivity contribution is -0.137. The van der Waals surface area contributed by atoms with Crippen molar-refractivity contribution < 1.29 is 9.63 Å². The fourth-order valence-corrected chi connectivity index (χ4v) is 1.32. The number of hydroxylamine groups is 1. The Kier molecular flexibility index (Phi) is 4.01. The molecule has 1 fully saturated rings. The van der Waals surface area contributed by atoms with Crippen molar-refractivity contribution in [3.05, 3.63) is 0 Å². The first-order chi connectivity index (χ1) is 5.70. The zero-order valence-electron chi connectivity index (χ0n) is 7.18. The first-order valence-corrected chi connectivity index (χ1v) is 5.21. The number of carbonyl (C=O) groups is 1. The number of rotatable bonds is 3. The highest BCUT2D eigenvalue weighted by atomic mass is 79.9. The molecule has 1 rings (SSSR count). The maximum absolute atomic E-state index is 11.0. The summed E-state index contributed by atoms with van der Waals surface area (Å²) >= 11 is 3.16. The summed E-state index contributed by atoms with van der Waals surface area (Å²) in [7, 11) is 0.